The molecule has 0 unspecified atom stereocenters. The second kappa shape index (κ2) is 6.02. The highest BCUT2D eigenvalue weighted by atomic mass is 79.9. The molecule has 0 radical (unpaired) electrons. The summed E-state index contributed by atoms with van der Waals surface area (Å²) in [5.74, 6) is 0.360. The van der Waals surface area contributed by atoms with E-state index in [9.17, 15) is 9.59 Å². The molecule has 1 aromatic carbocycles. The van der Waals surface area contributed by atoms with E-state index in [1.165, 1.54) is 0 Å². The van der Waals surface area contributed by atoms with Crippen LogP contribution in [-0.2, 0) is 20.9 Å². The van der Waals surface area contributed by atoms with E-state index >= 15 is 0 Å². The van der Waals surface area contributed by atoms with Crippen molar-refractivity contribution in [1.29, 1.82) is 0 Å². The maximum Gasteiger partial charge on any atom is 0.330 e. The molecule has 0 spiro atoms. The van der Waals surface area contributed by atoms with Crippen molar-refractivity contribution in [3.05, 3.63) is 29.8 Å². The largest absolute Gasteiger partial charge is 0.497 e. The second-order valence-electron chi connectivity index (χ2n) is 6.12. The van der Waals surface area contributed by atoms with Gasteiger partial charge in [-0.1, -0.05) is 28.1 Å². The molecule has 7 heteroatoms. The molecule has 0 aromatic heterocycles. The summed E-state index contributed by atoms with van der Waals surface area (Å²) in [5, 5.41) is 0.0102. The van der Waals surface area contributed by atoms with E-state index in [1.54, 1.807) is 23.8 Å². The van der Waals surface area contributed by atoms with E-state index in [1.807, 2.05) is 38.1 Å². The van der Waals surface area contributed by atoms with Crippen LogP contribution in [-0.4, -0.2) is 44.9 Å². The molecule has 1 aromatic rings. The third-order valence-electron chi connectivity index (χ3n) is 4.14. The Labute approximate surface area is 147 Å². The van der Waals surface area contributed by atoms with Crippen molar-refractivity contribution in [3.63, 3.8) is 0 Å². The van der Waals surface area contributed by atoms with Crippen LogP contribution in [0.5, 0.6) is 5.75 Å². The van der Waals surface area contributed by atoms with Crippen LogP contribution in [0.25, 0.3) is 0 Å². The van der Waals surface area contributed by atoms with Crippen LogP contribution in [0.2, 0.25) is 0 Å². The molecule has 2 aliphatic heterocycles. The van der Waals surface area contributed by atoms with Gasteiger partial charge < -0.3 is 14.4 Å². The lowest BCUT2D eigenvalue weighted by Crippen LogP contribution is -2.63. The predicted octanol–water partition coefficient (Wildman–Crippen LogP) is 2.56. The number of hydrogen-bond donors (Lipinski definition) is 0. The molecule has 0 saturated carbocycles. The van der Waals surface area contributed by atoms with Crippen LogP contribution in [0, 0.1) is 0 Å². The molecule has 0 N–H and O–H groups in total. The molecule has 2 fully saturated rings. The molecule has 2 saturated heterocycles. The van der Waals surface area contributed by atoms with Gasteiger partial charge in [-0.05, 0) is 31.5 Å². The number of thioether (sulfide) groups is 1. The minimum absolute atomic E-state index is 0.0102. The van der Waals surface area contributed by atoms with Crippen molar-refractivity contribution in [2.75, 3.05) is 7.11 Å². The van der Waals surface area contributed by atoms with Gasteiger partial charge in [0.15, 0.2) is 0 Å². The van der Waals surface area contributed by atoms with Gasteiger partial charge in [-0.3, -0.25) is 4.79 Å². The van der Waals surface area contributed by atoms with E-state index in [4.69, 9.17) is 9.47 Å². The van der Waals surface area contributed by atoms with E-state index in [0.29, 0.717) is 0 Å². The number of nitrogens with zero attached hydrogens (tertiary/aromatic N) is 1. The van der Waals surface area contributed by atoms with Gasteiger partial charge in [0.1, 0.15) is 28.6 Å². The first-order valence-electron chi connectivity index (χ1n) is 7.29. The highest BCUT2D eigenvalue weighted by molar-refractivity contribution is 9.10. The molecule has 2 aliphatic rings. The Bertz CT molecular complexity index is 633. The maximum absolute atomic E-state index is 12.5. The lowest BCUT2D eigenvalue weighted by molar-refractivity contribution is -0.161. The van der Waals surface area contributed by atoms with Crippen molar-refractivity contribution in [3.8, 4) is 5.75 Å². The minimum Gasteiger partial charge on any atom is -0.497 e. The molecule has 2 heterocycles. The molecule has 1 amide bonds. The van der Waals surface area contributed by atoms with Gasteiger partial charge >= 0.3 is 5.97 Å². The summed E-state index contributed by atoms with van der Waals surface area (Å²) in [6.07, 6.45) is 0. The lowest BCUT2D eigenvalue weighted by atomic mass is 9.98. The van der Waals surface area contributed by atoms with E-state index in [-0.39, 0.29) is 33.4 Å². The summed E-state index contributed by atoms with van der Waals surface area (Å²) in [6, 6.07) is 6.81. The number of amides is 1. The Morgan fingerprint density at radius 3 is 2.61 bits per heavy atom. The number of carbonyl (C=O) groups is 2. The van der Waals surface area contributed by atoms with Gasteiger partial charge in [0.2, 0.25) is 5.91 Å². The summed E-state index contributed by atoms with van der Waals surface area (Å²) in [7, 11) is 1.60. The number of β-lactam (4-membered cyclic amide) rings is 1. The zero-order chi connectivity index (χ0) is 16.8. The fourth-order valence-electron chi connectivity index (χ4n) is 2.90. The number of benzene rings is 1. The number of halogens is 1. The molecular formula is C16H18BrNO4S. The standard InChI is InChI=1S/C16H18BrNO4S/c1-16(2)12(18-13(19)11(17)14(18)23-16)15(20)22-8-9-4-6-10(21-3)7-5-9/h4-7,11-12,14H,8H2,1-3H3/t11-,12+,14-/m1/s1. The summed E-state index contributed by atoms with van der Waals surface area (Å²) >= 11 is 5.01. The average molecular weight is 400 g/mol. The smallest absolute Gasteiger partial charge is 0.330 e. The zero-order valence-electron chi connectivity index (χ0n) is 13.1. The molecule has 3 atom stereocenters. The number of carbonyl (C=O) groups excluding carboxylic acids is 2. The molecule has 0 aliphatic carbocycles. The Kier molecular flexibility index (Phi) is 4.35. The van der Waals surface area contributed by atoms with Crippen LogP contribution in [0.15, 0.2) is 24.3 Å². The summed E-state index contributed by atoms with van der Waals surface area (Å²) in [5.41, 5.74) is 0.882. The van der Waals surface area contributed by atoms with Crippen molar-refractivity contribution in [1.82, 2.24) is 4.90 Å². The third-order valence-corrected chi connectivity index (χ3v) is 6.95. The number of esters is 1. The van der Waals surface area contributed by atoms with Crippen molar-refractivity contribution in [2.45, 2.75) is 41.4 Å². The number of methoxy groups -OCH3 is 1. The number of fused-ring (bicyclic) bond motifs is 1. The van der Waals surface area contributed by atoms with Crippen LogP contribution < -0.4 is 4.74 Å². The van der Waals surface area contributed by atoms with E-state index in [0.717, 1.165) is 11.3 Å². The van der Waals surface area contributed by atoms with Crippen LogP contribution in [0.1, 0.15) is 19.4 Å². The number of alkyl halides is 1. The van der Waals surface area contributed by atoms with E-state index in [2.05, 4.69) is 15.9 Å². The van der Waals surface area contributed by atoms with Gasteiger partial charge in [-0.15, -0.1) is 11.8 Å². The van der Waals surface area contributed by atoms with Crippen LogP contribution >= 0.6 is 27.7 Å². The van der Waals surface area contributed by atoms with Gasteiger partial charge in [0.25, 0.3) is 0 Å². The summed E-state index contributed by atoms with van der Waals surface area (Å²) < 4.78 is 10.2. The normalized spacial score (nSPS) is 28.1. The Hall–Kier alpha value is -1.21. The second-order valence-corrected chi connectivity index (χ2v) is 8.87. The number of ether oxygens (including phenoxy) is 2. The predicted molar refractivity (Wildman–Crippen MR) is 91.6 cm³/mol. The number of hydrogen-bond acceptors (Lipinski definition) is 5. The zero-order valence-corrected chi connectivity index (χ0v) is 15.5. The van der Waals surface area contributed by atoms with Crippen molar-refractivity contribution >= 4 is 39.6 Å². The highest BCUT2D eigenvalue weighted by Gasteiger charge is 2.63. The summed E-state index contributed by atoms with van der Waals surface area (Å²) in [6.45, 7) is 4.13. The molecule has 5 nitrogen and oxygen atoms in total. The monoisotopic (exact) mass is 399 g/mol. The Morgan fingerprint density at radius 1 is 1.35 bits per heavy atom. The summed E-state index contributed by atoms with van der Waals surface area (Å²) in [4.78, 5) is 26.0. The van der Waals surface area contributed by atoms with Gasteiger partial charge in [0, 0.05) is 4.75 Å². The van der Waals surface area contributed by atoms with Gasteiger partial charge in [0.05, 0.1) is 7.11 Å². The highest BCUT2D eigenvalue weighted by Crippen LogP contribution is 2.52. The quantitative estimate of drug-likeness (QED) is 0.442. The van der Waals surface area contributed by atoms with Crippen LogP contribution in [0.4, 0.5) is 0 Å². The average Bonchev–Trinajstić information content (AvgIpc) is 2.81. The first-order valence-corrected chi connectivity index (χ1v) is 9.08. The molecule has 124 valence electrons. The Morgan fingerprint density at radius 2 is 2.00 bits per heavy atom. The minimum atomic E-state index is -0.544. The van der Waals surface area contributed by atoms with E-state index < -0.39 is 6.04 Å². The molecule has 0 bridgehead atoms. The molecule has 3 rings (SSSR count). The SMILES string of the molecule is COc1ccc(COC(=O)[C@@H]2N3C(=O)[C@@H](Br)[C@H]3SC2(C)C)cc1. The van der Waals surface area contributed by atoms with Gasteiger partial charge in [-0.2, -0.15) is 0 Å². The topological polar surface area (TPSA) is 55.8 Å². The van der Waals surface area contributed by atoms with Crippen molar-refractivity contribution in [2.24, 2.45) is 0 Å². The van der Waals surface area contributed by atoms with Crippen molar-refractivity contribution < 1.29 is 19.1 Å². The fourth-order valence-corrected chi connectivity index (χ4v) is 5.25. The van der Waals surface area contributed by atoms with Crippen LogP contribution in [0.3, 0.4) is 0 Å². The van der Waals surface area contributed by atoms with Gasteiger partial charge in [-0.25, -0.2) is 4.79 Å². The first kappa shape index (κ1) is 16.6. The molecular weight excluding hydrogens is 382 g/mol. The number of rotatable bonds is 4. The third kappa shape index (κ3) is 2.85. The maximum atomic E-state index is 12.5. The first-order chi connectivity index (χ1) is 10.8. The fraction of sp³-hybridized carbons (Fsp3) is 0.500. The lowest BCUT2D eigenvalue weighted by Gasteiger charge is -2.41. The Balaban J connectivity index is 1.66. The molecule has 23 heavy (non-hydrogen) atoms.